The van der Waals surface area contributed by atoms with Gasteiger partial charge in [-0.3, -0.25) is 4.79 Å². The van der Waals surface area contributed by atoms with Crippen molar-refractivity contribution in [1.29, 1.82) is 0 Å². The van der Waals surface area contributed by atoms with Crippen molar-refractivity contribution in [2.75, 3.05) is 19.3 Å². The summed E-state index contributed by atoms with van der Waals surface area (Å²) < 4.78 is 6.08. The normalized spacial score (nSPS) is 14.4. The van der Waals surface area contributed by atoms with Crippen molar-refractivity contribution in [2.24, 2.45) is 0 Å². The van der Waals surface area contributed by atoms with Gasteiger partial charge < -0.3 is 9.64 Å². The van der Waals surface area contributed by atoms with Crippen LogP contribution in [0.2, 0.25) is 15.1 Å². The maximum atomic E-state index is 13.7. The van der Waals surface area contributed by atoms with Crippen LogP contribution in [0, 0.1) is 0 Å². The lowest BCUT2D eigenvalue weighted by Crippen LogP contribution is -2.30. The van der Waals surface area contributed by atoms with Crippen LogP contribution in [0.3, 0.4) is 0 Å². The molecule has 1 saturated heterocycles. The van der Waals surface area contributed by atoms with E-state index in [0.717, 1.165) is 42.1 Å². The number of benzene rings is 1. The molecule has 9 heteroatoms. The monoisotopic (exact) mass is 521 g/mol. The van der Waals surface area contributed by atoms with E-state index >= 15 is 0 Å². The summed E-state index contributed by atoms with van der Waals surface area (Å²) in [6, 6.07) is 10.7. The van der Waals surface area contributed by atoms with Crippen LogP contribution in [-0.4, -0.2) is 40.1 Å². The Morgan fingerprint density at radius 1 is 1.09 bits per heavy atom. The van der Waals surface area contributed by atoms with Crippen LogP contribution in [0.1, 0.15) is 41.9 Å². The maximum Gasteiger partial charge on any atom is 0.256 e. The van der Waals surface area contributed by atoms with Gasteiger partial charge >= 0.3 is 0 Å². The minimum Gasteiger partial charge on any atom is -0.468 e. The van der Waals surface area contributed by atoms with Crippen LogP contribution in [-0.2, 0) is 0 Å². The molecule has 0 spiro atoms. The number of carbonyl (C=O) groups is 1. The molecule has 3 heterocycles. The van der Waals surface area contributed by atoms with Gasteiger partial charge in [0.25, 0.3) is 5.91 Å². The highest BCUT2D eigenvalue weighted by Crippen LogP contribution is 2.37. The van der Waals surface area contributed by atoms with E-state index in [-0.39, 0.29) is 5.91 Å². The van der Waals surface area contributed by atoms with Gasteiger partial charge in [-0.15, -0.1) is 11.8 Å². The minimum absolute atomic E-state index is 0.0664. The lowest BCUT2D eigenvalue weighted by Gasteiger charge is -2.24. The molecular weight excluding hydrogens is 501 g/mol. The van der Waals surface area contributed by atoms with Crippen LogP contribution in [0.25, 0.3) is 11.1 Å². The van der Waals surface area contributed by atoms with Crippen LogP contribution in [0.5, 0.6) is 5.88 Å². The van der Waals surface area contributed by atoms with Gasteiger partial charge in [-0.25, -0.2) is 9.97 Å². The van der Waals surface area contributed by atoms with Gasteiger partial charge in [0.05, 0.1) is 31.4 Å². The van der Waals surface area contributed by atoms with Gasteiger partial charge in [0, 0.05) is 25.4 Å². The Morgan fingerprint density at radius 2 is 1.85 bits per heavy atom. The molecule has 0 aliphatic carbocycles. The van der Waals surface area contributed by atoms with Crippen molar-refractivity contribution in [3.63, 3.8) is 0 Å². The van der Waals surface area contributed by atoms with E-state index in [9.17, 15) is 4.79 Å². The number of thioether (sulfide) groups is 1. The lowest BCUT2D eigenvalue weighted by molar-refractivity contribution is 0.0787. The number of hydrogen-bond acceptors (Lipinski definition) is 5. The molecule has 1 aromatic carbocycles. The van der Waals surface area contributed by atoms with Crippen LogP contribution < -0.4 is 4.74 Å². The van der Waals surface area contributed by atoms with Gasteiger partial charge in [-0.05, 0) is 61.4 Å². The second-order valence-corrected chi connectivity index (χ2v) is 9.75. The third-order valence-corrected chi connectivity index (χ3v) is 7.04. The second kappa shape index (κ2) is 10.5. The molecule has 0 saturated carbocycles. The topological polar surface area (TPSA) is 55.3 Å². The van der Waals surface area contributed by atoms with Gasteiger partial charge in [0.2, 0.25) is 5.88 Å². The Kier molecular flexibility index (Phi) is 7.69. The number of likely N-dealkylation sites (tertiary alicyclic amines) is 1. The SMILES string of the molecule is CSc1cc(-c2ccc(Cl)c(Cl)c2)c(C(=O)N2CCCC2)c(C(C)Oc2ccc(Cl)cn2)n1. The smallest absolute Gasteiger partial charge is 0.256 e. The zero-order chi connectivity index (χ0) is 23.5. The number of nitrogens with zero attached hydrogens (tertiary/aromatic N) is 3. The largest absolute Gasteiger partial charge is 0.468 e. The summed E-state index contributed by atoms with van der Waals surface area (Å²) in [6.45, 7) is 3.30. The first-order valence-electron chi connectivity index (χ1n) is 10.5. The molecule has 4 rings (SSSR count). The molecule has 0 radical (unpaired) electrons. The Balaban J connectivity index is 1.86. The Hall–Kier alpha value is -1.99. The fourth-order valence-electron chi connectivity index (χ4n) is 3.80. The third-order valence-electron chi connectivity index (χ3n) is 5.45. The van der Waals surface area contributed by atoms with Crippen molar-refractivity contribution >= 4 is 52.5 Å². The highest BCUT2D eigenvalue weighted by Gasteiger charge is 2.30. The summed E-state index contributed by atoms with van der Waals surface area (Å²) in [5.74, 6) is 0.335. The fourth-order valence-corrected chi connectivity index (χ4v) is 4.64. The zero-order valence-corrected chi connectivity index (χ0v) is 21.2. The van der Waals surface area contributed by atoms with E-state index in [2.05, 4.69) is 4.98 Å². The molecule has 0 N–H and O–H groups in total. The van der Waals surface area contributed by atoms with E-state index in [4.69, 9.17) is 44.5 Å². The first-order chi connectivity index (χ1) is 15.9. The summed E-state index contributed by atoms with van der Waals surface area (Å²) in [7, 11) is 0. The van der Waals surface area contributed by atoms with Crippen molar-refractivity contribution in [3.8, 4) is 17.0 Å². The molecule has 2 aromatic heterocycles. The summed E-state index contributed by atoms with van der Waals surface area (Å²) in [6.07, 6.45) is 4.90. The average molecular weight is 523 g/mol. The van der Waals surface area contributed by atoms with E-state index in [1.54, 1.807) is 24.3 Å². The number of halogens is 3. The van der Waals surface area contributed by atoms with Gasteiger partial charge in [0.15, 0.2) is 0 Å². The van der Waals surface area contributed by atoms with Crippen LogP contribution in [0.4, 0.5) is 0 Å². The molecule has 0 bridgehead atoms. The summed E-state index contributed by atoms with van der Waals surface area (Å²) >= 11 is 19.9. The molecule has 1 aliphatic heterocycles. The average Bonchev–Trinajstić information content (AvgIpc) is 3.36. The predicted octanol–water partition coefficient (Wildman–Crippen LogP) is 7.20. The number of ether oxygens (including phenoxy) is 1. The lowest BCUT2D eigenvalue weighted by atomic mass is 9.96. The Labute approximate surface area is 212 Å². The van der Waals surface area contributed by atoms with E-state index < -0.39 is 6.10 Å². The molecule has 1 atom stereocenters. The van der Waals surface area contributed by atoms with Gasteiger partial charge in [0.1, 0.15) is 6.10 Å². The number of rotatable bonds is 6. The van der Waals surface area contributed by atoms with E-state index in [1.165, 1.54) is 18.0 Å². The number of pyridine rings is 2. The number of aromatic nitrogens is 2. The molecule has 1 amide bonds. The van der Waals surface area contributed by atoms with E-state index in [0.29, 0.717) is 32.2 Å². The molecule has 1 unspecified atom stereocenters. The summed E-state index contributed by atoms with van der Waals surface area (Å²) in [5, 5.41) is 2.16. The second-order valence-electron chi connectivity index (χ2n) is 7.68. The summed E-state index contributed by atoms with van der Waals surface area (Å²) in [5.41, 5.74) is 2.60. The molecule has 33 heavy (non-hydrogen) atoms. The minimum atomic E-state index is -0.533. The van der Waals surface area contributed by atoms with Gasteiger partial charge in [-0.2, -0.15) is 0 Å². The van der Waals surface area contributed by atoms with Crippen molar-refractivity contribution in [3.05, 3.63) is 68.9 Å². The highest BCUT2D eigenvalue weighted by atomic mass is 35.5. The highest BCUT2D eigenvalue weighted by molar-refractivity contribution is 7.98. The molecule has 1 aliphatic rings. The molecule has 5 nitrogen and oxygen atoms in total. The first-order valence-corrected chi connectivity index (χ1v) is 12.8. The zero-order valence-electron chi connectivity index (χ0n) is 18.1. The Bertz CT molecular complexity index is 1170. The molecular formula is C24H22Cl3N3O2S. The summed E-state index contributed by atoms with van der Waals surface area (Å²) in [4.78, 5) is 24.6. The Morgan fingerprint density at radius 3 is 2.48 bits per heavy atom. The van der Waals surface area contributed by atoms with Crippen molar-refractivity contribution in [1.82, 2.24) is 14.9 Å². The van der Waals surface area contributed by atoms with Crippen LogP contribution >= 0.6 is 46.6 Å². The predicted molar refractivity (Wildman–Crippen MR) is 135 cm³/mol. The van der Waals surface area contributed by atoms with E-state index in [1.807, 2.05) is 30.2 Å². The molecule has 172 valence electrons. The van der Waals surface area contributed by atoms with Gasteiger partial charge in [-0.1, -0.05) is 40.9 Å². The maximum absolute atomic E-state index is 13.7. The van der Waals surface area contributed by atoms with Crippen molar-refractivity contribution < 1.29 is 9.53 Å². The fraction of sp³-hybridized carbons (Fsp3) is 0.292. The quantitative estimate of drug-likeness (QED) is 0.320. The van der Waals surface area contributed by atoms with Crippen molar-refractivity contribution in [2.45, 2.75) is 30.9 Å². The first kappa shape index (κ1) is 24.1. The third kappa shape index (κ3) is 5.40. The van der Waals surface area contributed by atoms with Crippen LogP contribution in [0.15, 0.2) is 47.6 Å². The molecule has 1 fully saturated rings. The molecule has 3 aromatic rings. The standard InChI is InChI=1S/C24H22Cl3N3O2S/c1-14(32-20-8-6-16(25)13-28-20)23-22(24(31)30-9-3-4-10-30)17(12-21(29-23)33-2)15-5-7-18(26)19(27)11-15/h5-8,11-14H,3-4,9-10H2,1-2H3. The number of hydrogen-bond donors (Lipinski definition) is 0. The number of amides is 1. The number of carbonyl (C=O) groups excluding carboxylic acids is 1.